The summed E-state index contributed by atoms with van der Waals surface area (Å²) in [5.41, 5.74) is 8.00. The number of aromatic nitrogens is 1. The Morgan fingerprint density at radius 2 is 1.94 bits per heavy atom. The Balaban J connectivity index is 1.46. The number of amides is 2. The van der Waals surface area contributed by atoms with Crippen LogP contribution in [0.4, 0.5) is 0 Å². The van der Waals surface area contributed by atoms with Crippen molar-refractivity contribution in [3.63, 3.8) is 0 Å². The van der Waals surface area contributed by atoms with Gasteiger partial charge in [0.2, 0.25) is 17.7 Å². The van der Waals surface area contributed by atoms with Gasteiger partial charge in [-0.25, -0.2) is 4.98 Å². The van der Waals surface area contributed by atoms with Crippen LogP contribution in [0.2, 0.25) is 0 Å². The number of fused-ring (bicyclic) bond motifs is 1. The largest absolute Gasteiger partial charge is 0.438 e. The molecule has 2 amide bonds. The molecule has 8 heteroatoms. The number of aryl methyl sites for hydroxylation is 1. The molecule has 1 fully saturated rings. The van der Waals surface area contributed by atoms with Crippen LogP contribution in [0, 0.1) is 0 Å². The van der Waals surface area contributed by atoms with Crippen LogP contribution in [0.25, 0.3) is 11.1 Å². The van der Waals surface area contributed by atoms with Crippen LogP contribution >= 0.6 is 0 Å². The first kappa shape index (κ1) is 21.0. The van der Waals surface area contributed by atoms with Crippen molar-refractivity contribution in [2.24, 2.45) is 5.73 Å². The molecule has 1 aromatic heterocycles. The fourth-order valence-electron chi connectivity index (χ4n) is 3.86. The monoisotopic (exact) mass is 421 g/mol. The summed E-state index contributed by atoms with van der Waals surface area (Å²) in [6.07, 6.45) is 1.94. The topological polar surface area (TPSA) is 122 Å². The van der Waals surface area contributed by atoms with Crippen molar-refractivity contribution in [3.8, 4) is 0 Å². The highest BCUT2D eigenvalue weighted by Gasteiger charge is 2.32. The number of benzene rings is 2. The molecule has 1 aliphatic heterocycles. The highest BCUT2D eigenvalue weighted by molar-refractivity contribution is 5.83. The third-order valence-corrected chi connectivity index (χ3v) is 5.49. The first-order valence-corrected chi connectivity index (χ1v) is 10.5. The van der Waals surface area contributed by atoms with Crippen LogP contribution in [-0.2, 0) is 16.0 Å². The minimum Gasteiger partial charge on any atom is -0.438 e. The molecule has 1 aliphatic rings. The second-order valence-electron chi connectivity index (χ2n) is 7.77. The maximum atomic E-state index is 13.0. The third kappa shape index (κ3) is 5.28. The van der Waals surface area contributed by atoms with Gasteiger partial charge in [-0.05, 0) is 37.0 Å². The summed E-state index contributed by atoms with van der Waals surface area (Å²) in [6, 6.07) is 16.8. The Hall–Kier alpha value is -3.23. The first-order valence-electron chi connectivity index (χ1n) is 10.5. The van der Waals surface area contributed by atoms with Gasteiger partial charge >= 0.3 is 0 Å². The number of carbonyl (C=O) groups excluding carboxylic acids is 2. The van der Waals surface area contributed by atoms with Crippen molar-refractivity contribution in [3.05, 3.63) is 66.1 Å². The highest BCUT2D eigenvalue weighted by atomic mass is 16.3. The molecule has 0 aliphatic carbocycles. The van der Waals surface area contributed by atoms with Crippen LogP contribution in [0.1, 0.15) is 30.3 Å². The fraction of sp³-hybridized carbons (Fsp3) is 0.348. The molecular weight excluding hydrogens is 394 g/mol. The van der Waals surface area contributed by atoms with Gasteiger partial charge in [-0.3, -0.25) is 9.59 Å². The van der Waals surface area contributed by atoms with Crippen molar-refractivity contribution in [2.45, 2.75) is 37.4 Å². The first-order chi connectivity index (χ1) is 15.1. The molecule has 0 saturated carbocycles. The van der Waals surface area contributed by atoms with Gasteiger partial charge in [-0.15, -0.1) is 0 Å². The summed E-state index contributed by atoms with van der Waals surface area (Å²) in [5.74, 6) is 0.140. The summed E-state index contributed by atoms with van der Waals surface area (Å²) in [5, 5.41) is 9.10. The summed E-state index contributed by atoms with van der Waals surface area (Å²) in [7, 11) is 0. The van der Waals surface area contributed by atoms with Crippen LogP contribution in [0.15, 0.2) is 59.0 Å². The molecule has 0 bridgehead atoms. The van der Waals surface area contributed by atoms with Crippen LogP contribution in [0.5, 0.6) is 0 Å². The predicted octanol–water partition coefficient (Wildman–Crippen LogP) is 1.42. The average Bonchev–Trinajstić information content (AvgIpc) is 3.44. The van der Waals surface area contributed by atoms with Crippen molar-refractivity contribution in [2.75, 3.05) is 13.1 Å². The van der Waals surface area contributed by atoms with Crippen molar-refractivity contribution in [1.29, 1.82) is 0 Å². The number of hydrogen-bond acceptors (Lipinski definition) is 6. The molecule has 0 spiro atoms. The zero-order valence-corrected chi connectivity index (χ0v) is 17.2. The van der Waals surface area contributed by atoms with Gasteiger partial charge in [-0.2, -0.15) is 0 Å². The lowest BCUT2D eigenvalue weighted by atomic mass is 10.0. The number of nitrogens with two attached hydrogens (primary N) is 1. The van der Waals surface area contributed by atoms with Crippen molar-refractivity contribution >= 4 is 22.9 Å². The third-order valence-electron chi connectivity index (χ3n) is 5.49. The maximum absolute atomic E-state index is 13.0. The molecule has 1 unspecified atom stereocenters. The van der Waals surface area contributed by atoms with Gasteiger partial charge in [-0.1, -0.05) is 42.5 Å². The van der Waals surface area contributed by atoms with E-state index in [2.05, 4.69) is 33.1 Å². The van der Waals surface area contributed by atoms with E-state index in [9.17, 15) is 9.59 Å². The molecule has 3 aromatic rings. The Morgan fingerprint density at radius 3 is 2.71 bits per heavy atom. The number of carbonyl (C=O) groups is 2. The number of nitrogens with one attached hydrogen (secondary N) is 3. The Morgan fingerprint density at radius 1 is 1.16 bits per heavy atom. The van der Waals surface area contributed by atoms with E-state index in [1.165, 1.54) is 5.56 Å². The smallest absolute Gasteiger partial charge is 0.237 e. The van der Waals surface area contributed by atoms with E-state index in [1.54, 1.807) is 0 Å². The molecule has 5 N–H and O–H groups in total. The van der Waals surface area contributed by atoms with Gasteiger partial charge in [0.25, 0.3) is 0 Å². The number of para-hydroxylation sites is 2. The summed E-state index contributed by atoms with van der Waals surface area (Å²) >= 11 is 0. The van der Waals surface area contributed by atoms with Crippen molar-refractivity contribution < 1.29 is 14.0 Å². The van der Waals surface area contributed by atoms with E-state index in [-0.39, 0.29) is 30.4 Å². The molecule has 4 rings (SSSR count). The molecule has 3 atom stereocenters. The van der Waals surface area contributed by atoms with Crippen LogP contribution < -0.4 is 21.7 Å². The molecule has 0 radical (unpaired) electrons. The summed E-state index contributed by atoms with van der Waals surface area (Å²) in [6.45, 7) is 0.466. The van der Waals surface area contributed by atoms with Gasteiger partial charge in [0.15, 0.2) is 5.58 Å². The van der Waals surface area contributed by atoms with E-state index < -0.39 is 6.04 Å². The van der Waals surface area contributed by atoms with E-state index >= 15 is 0 Å². The zero-order valence-electron chi connectivity index (χ0n) is 17.2. The maximum Gasteiger partial charge on any atom is 0.237 e. The molecule has 162 valence electrons. The van der Waals surface area contributed by atoms with Crippen LogP contribution in [0.3, 0.4) is 0 Å². The SMILES string of the molecule is NCC(=O)N[C@H]1CN[C@H](C(=O)NC(CCc2ccccc2)c2nc3ccccc3o2)C1. The lowest BCUT2D eigenvalue weighted by Crippen LogP contribution is -2.42. The molecule has 2 heterocycles. The standard InChI is InChI=1S/C23H27N5O3/c24-13-21(29)26-16-12-19(25-14-16)22(30)27-18(11-10-15-6-2-1-3-7-15)23-28-17-8-4-5-9-20(17)31-23/h1-9,16,18-19,25H,10-14,24H2,(H,26,29)(H,27,30)/t16-,18?,19+/m1/s1. The Kier molecular flexibility index (Phi) is 6.59. The van der Waals surface area contributed by atoms with Gasteiger partial charge in [0.05, 0.1) is 12.6 Å². The summed E-state index contributed by atoms with van der Waals surface area (Å²) in [4.78, 5) is 29.1. The van der Waals surface area contributed by atoms with Gasteiger partial charge in [0, 0.05) is 12.6 Å². The fourth-order valence-corrected chi connectivity index (χ4v) is 3.86. The zero-order chi connectivity index (χ0) is 21.6. The number of rotatable bonds is 8. The molecular formula is C23H27N5O3. The number of nitrogens with zero attached hydrogens (tertiary/aromatic N) is 1. The van der Waals surface area contributed by atoms with Crippen molar-refractivity contribution in [1.82, 2.24) is 20.9 Å². The van der Waals surface area contributed by atoms with E-state index in [4.69, 9.17) is 10.2 Å². The molecule has 1 saturated heterocycles. The quantitative estimate of drug-likeness (QED) is 0.436. The normalized spacial score (nSPS) is 19.3. The highest BCUT2D eigenvalue weighted by Crippen LogP contribution is 2.24. The second kappa shape index (κ2) is 9.72. The second-order valence-corrected chi connectivity index (χ2v) is 7.77. The molecule has 2 aromatic carbocycles. The average molecular weight is 422 g/mol. The molecule has 8 nitrogen and oxygen atoms in total. The van der Waals surface area contributed by atoms with Gasteiger partial charge in [0.1, 0.15) is 11.6 Å². The molecule has 31 heavy (non-hydrogen) atoms. The predicted molar refractivity (Wildman–Crippen MR) is 117 cm³/mol. The van der Waals surface area contributed by atoms with Crippen LogP contribution in [-0.4, -0.2) is 42.0 Å². The van der Waals surface area contributed by atoms with Gasteiger partial charge < -0.3 is 26.1 Å². The summed E-state index contributed by atoms with van der Waals surface area (Å²) < 4.78 is 5.95. The lowest BCUT2D eigenvalue weighted by molar-refractivity contribution is -0.124. The Bertz CT molecular complexity index is 1000. The number of oxazole rings is 1. The van der Waals surface area contributed by atoms with E-state index in [1.807, 2.05) is 42.5 Å². The van der Waals surface area contributed by atoms with E-state index in [0.717, 1.165) is 11.9 Å². The minimum absolute atomic E-state index is 0.0629. The lowest BCUT2D eigenvalue weighted by Gasteiger charge is -2.19. The van der Waals surface area contributed by atoms with E-state index in [0.29, 0.717) is 30.9 Å². The number of hydrogen-bond donors (Lipinski definition) is 4. The minimum atomic E-state index is -0.397. The Labute approximate surface area is 180 Å².